The van der Waals surface area contributed by atoms with Gasteiger partial charge in [-0.2, -0.15) is 0 Å². The molecule has 4 rings (SSSR count). The summed E-state index contributed by atoms with van der Waals surface area (Å²) in [5.41, 5.74) is 4.27. The molecule has 0 unspecified atom stereocenters. The van der Waals surface area contributed by atoms with Crippen molar-refractivity contribution in [1.29, 1.82) is 0 Å². The average Bonchev–Trinajstić information content (AvgIpc) is 2.96. The van der Waals surface area contributed by atoms with Crippen LogP contribution in [0.5, 0.6) is 0 Å². The number of fused-ring (bicyclic) bond motifs is 1. The summed E-state index contributed by atoms with van der Waals surface area (Å²) in [7, 11) is 0. The molecule has 0 bridgehead atoms. The molecule has 2 aromatic rings. The Kier molecular flexibility index (Phi) is 5.09. The van der Waals surface area contributed by atoms with Crippen LogP contribution in [0.4, 0.5) is 5.69 Å². The lowest BCUT2D eigenvalue weighted by Gasteiger charge is -2.34. The molecule has 1 fully saturated rings. The normalized spacial score (nSPS) is 18.8. The number of carbonyl (C=O) groups is 3. The topological polar surface area (TPSA) is 69.7 Å². The lowest BCUT2D eigenvalue weighted by molar-refractivity contribution is -0.132. The van der Waals surface area contributed by atoms with Crippen molar-refractivity contribution >= 4 is 23.4 Å². The highest BCUT2D eigenvalue weighted by Crippen LogP contribution is 2.23. The Morgan fingerprint density at radius 3 is 2.38 bits per heavy atom. The molecule has 2 aliphatic rings. The molecule has 29 heavy (non-hydrogen) atoms. The highest BCUT2D eigenvalue weighted by molar-refractivity contribution is 6.22. The maximum absolute atomic E-state index is 12.8. The van der Waals surface area contributed by atoms with E-state index in [9.17, 15) is 14.4 Å². The quantitative estimate of drug-likeness (QED) is 0.814. The molecular weight excluding hydrogens is 366 g/mol. The van der Waals surface area contributed by atoms with Crippen LogP contribution in [0, 0.1) is 13.8 Å². The molecule has 2 aromatic carbocycles. The first-order valence-corrected chi connectivity index (χ1v) is 10.0. The smallest absolute Gasteiger partial charge is 0.262 e. The fraction of sp³-hybridized carbons (Fsp3) is 0.348. The molecule has 3 amide bonds. The van der Waals surface area contributed by atoms with E-state index in [0.717, 1.165) is 23.4 Å². The Morgan fingerprint density at radius 2 is 1.72 bits per heavy atom. The van der Waals surface area contributed by atoms with E-state index >= 15 is 0 Å². The van der Waals surface area contributed by atoms with Crippen LogP contribution in [0.15, 0.2) is 42.5 Å². The number of aryl methyl sites for hydroxylation is 2. The van der Waals surface area contributed by atoms with Gasteiger partial charge in [-0.25, -0.2) is 0 Å². The number of nitrogens with zero attached hydrogens (tertiary/aromatic N) is 2. The minimum absolute atomic E-state index is 0.150. The van der Waals surface area contributed by atoms with Crippen LogP contribution in [0.25, 0.3) is 0 Å². The molecule has 1 N–H and O–H groups in total. The Hall–Kier alpha value is -3.15. The van der Waals surface area contributed by atoms with Crippen LogP contribution >= 0.6 is 0 Å². The standard InChI is InChI=1S/C23H25N3O3/c1-15-9-10-17(12-16(15)2)24-18-6-5-11-25(13-18)21(27)14-26-22(28)19-7-3-4-8-20(19)23(26)29/h3-4,7-10,12,18,24H,5-6,11,13-14H2,1-2H3/t18-/m1/s1. The molecule has 0 saturated carbocycles. The molecule has 0 radical (unpaired) electrons. The van der Waals surface area contributed by atoms with Crippen molar-refractivity contribution in [2.24, 2.45) is 0 Å². The second-order valence-electron chi connectivity index (χ2n) is 7.86. The molecule has 0 aromatic heterocycles. The molecule has 150 valence electrons. The Balaban J connectivity index is 1.40. The van der Waals surface area contributed by atoms with Gasteiger partial charge in [0, 0.05) is 24.8 Å². The number of benzene rings is 2. The summed E-state index contributed by atoms with van der Waals surface area (Å²) < 4.78 is 0. The van der Waals surface area contributed by atoms with Crippen molar-refractivity contribution in [1.82, 2.24) is 9.80 Å². The van der Waals surface area contributed by atoms with E-state index in [4.69, 9.17) is 0 Å². The van der Waals surface area contributed by atoms with Gasteiger partial charge in [-0.05, 0) is 62.1 Å². The van der Waals surface area contributed by atoms with Gasteiger partial charge < -0.3 is 10.2 Å². The Bertz CT molecular complexity index is 950. The minimum Gasteiger partial charge on any atom is -0.381 e. The van der Waals surface area contributed by atoms with Gasteiger partial charge in [0.15, 0.2) is 0 Å². The van der Waals surface area contributed by atoms with Gasteiger partial charge in [0.1, 0.15) is 6.54 Å². The van der Waals surface area contributed by atoms with E-state index in [1.54, 1.807) is 29.2 Å². The first-order valence-electron chi connectivity index (χ1n) is 10.0. The van der Waals surface area contributed by atoms with Crippen molar-refractivity contribution < 1.29 is 14.4 Å². The highest BCUT2D eigenvalue weighted by Gasteiger charge is 2.37. The number of amides is 3. The number of piperidine rings is 1. The van der Waals surface area contributed by atoms with Gasteiger partial charge in [0.05, 0.1) is 11.1 Å². The third-order valence-electron chi connectivity index (χ3n) is 5.82. The van der Waals surface area contributed by atoms with Crippen LogP contribution in [-0.4, -0.2) is 53.2 Å². The van der Waals surface area contributed by atoms with Crippen LogP contribution in [0.3, 0.4) is 0 Å². The Morgan fingerprint density at radius 1 is 1.03 bits per heavy atom. The largest absolute Gasteiger partial charge is 0.381 e. The summed E-state index contributed by atoms with van der Waals surface area (Å²) in [6.07, 6.45) is 1.86. The van der Waals surface area contributed by atoms with Crippen molar-refractivity contribution in [3.8, 4) is 0 Å². The van der Waals surface area contributed by atoms with E-state index in [-0.39, 0.29) is 30.3 Å². The molecular formula is C23H25N3O3. The zero-order valence-electron chi connectivity index (χ0n) is 16.8. The van der Waals surface area contributed by atoms with Gasteiger partial charge in [-0.1, -0.05) is 18.2 Å². The molecule has 1 saturated heterocycles. The van der Waals surface area contributed by atoms with Gasteiger partial charge in [-0.3, -0.25) is 19.3 Å². The van der Waals surface area contributed by atoms with Crippen molar-refractivity contribution in [2.75, 3.05) is 25.0 Å². The number of anilines is 1. The van der Waals surface area contributed by atoms with Crippen molar-refractivity contribution in [3.63, 3.8) is 0 Å². The van der Waals surface area contributed by atoms with Crippen molar-refractivity contribution in [2.45, 2.75) is 32.7 Å². The number of likely N-dealkylation sites (tertiary alicyclic amines) is 1. The summed E-state index contributed by atoms with van der Waals surface area (Å²) >= 11 is 0. The number of hydrogen-bond acceptors (Lipinski definition) is 4. The van der Waals surface area contributed by atoms with Crippen LogP contribution in [0.2, 0.25) is 0 Å². The number of carbonyl (C=O) groups excluding carboxylic acids is 3. The van der Waals surface area contributed by atoms with Crippen LogP contribution in [0.1, 0.15) is 44.7 Å². The average molecular weight is 391 g/mol. The second kappa shape index (κ2) is 7.70. The van der Waals surface area contributed by atoms with Gasteiger partial charge >= 0.3 is 0 Å². The SMILES string of the molecule is Cc1ccc(N[C@@H]2CCCN(C(=O)CN3C(=O)c4ccccc4C3=O)C2)cc1C. The number of hydrogen-bond donors (Lipinski definition) is 1. The summed E-state index contributed by atoms with van der Waals surface area (Å²) in [6.45, 7) is 5.17. The zero-order valence-corrected chi connectivity index (χ0v) is 16.8. The summed E-state index contributed by atoms with van der Waals surface area (Å²) in [5.74, 6) is -0.965. The van der Waals surface area contributed by atoms with Crippen molar-refractivity contribution in [3.05, 3.63) is 64.7 Å². The van der Waals surface area contributed by atoms with Gasteiger partial charge in [0.25, 0.3) is 11.8 Å². The number of imide groups is 1. The van der Waals surface area contributed by atoms with E-state index < -0.39 is 0 Å². The predicted molar refractivity (Wildman–Crippen MR) is 111 cm³/mol. The third kappa shape index (κ3) is 3.75. The fourth-order valence-electron chi connectivity index (χ4n) is 4.01. The van der Waals surface area contributed by atoms with E-state index in [2.05, 4.69) is 37.4 Å². The molecule has 2 heterocycles. The van der Waals surface area contributed by atoms with E-state index in [1.165, 1.54) is 11.1 Å². The Labute approximate surface area is 170 Å². The zero-order chi connectivity index (χ0) is 20.5. The van der Waals surface area contributed by atoms with E-state index in [1.807, 2.05) is 0 Å². The first-order chi connectivity index (χ1) is 13.9. The summed E-state index contributed by atoms with van der Waals surface area (Å²) in [5, 5.41) is 3.52. The lowest BCUT2D eigenvalue weighted by Crippen LogP contribution is -2.49. The number of nitrogens with one attached hydrogen (secondary N) is 1. The number of rotatable bonds is 4. The second-order valence-corrected chi connectivity index (χ2v) is 7.86. The van der Waals surface area contributed by atoms with E-state index in [0.29, 0.717) is 24.2 Å². The monoisotopic (exact) mass is 391 g/mol. The summed E-state index contributed by atoms with van der Waals surface area (Å²) in [4.78, 5) is 40.7. The predicted octanol–water partition coefficient (Wildman–Crippen LogP) is 3.00. The fourth-order valence-corrected chi connectivity index (χ4v) is 4.01. The lowest BCUT2D eigenvalue weighted by atomic mass is 10.0. The minimum atomic E-state index is -0.388. The molecule has 6 heteroatoms. The maximum atomic E-state index is 12.8. The third-order valence-corrected chi connectivity index (χ3v) is 5.82. The van der Waals surface area contributed by atoms with Gasteiger partial charge in [-0.15, -0.1) is 0 Å². The summed E-state index contributed by atoms with van der Waals surface area (Å²) in [6, 6.07) is 13.1. The van der Waals surface area contributed by atoms with Crippen LogP contribution in [-0.2, 0) is 4.79 Å². The maximum Gasteiger partial charge on any atom is 0.262 e. The first kappa shape index (κ1) is 19.2. The molecule has 0 aliphatic carbocycles. The molecule has 6 nitrogen and oxygen atoms in total. The van der Waals surface area contributed by atoms with Crippen LogP contribution < -0.4 is 5.32 Å². The van der Waals surface area contributed by atoms with Gasteiger partial charge in [0.2, 0.25) is 5.91 Å². The molecule has 1 atom stereocenters. The molecule has 0 spiro atoms. The highest BCUT2D eigenvalue weighted by atomic mass is 16.2. The molecule has 2 aliphatic heterocycles.